The van der Waals surface area contributed by atoms with Crippen molar-refractivity contribution in [2.75, 3.05) is 0 Å². The lowest BCUT2D eigenvalue weighted by Gasteiger charge is -2.14. The van der Waals surface area contributed by atoms with Gasteiger partial charge in [-0.2, -0.15) is 0 Å². The molecular formula is C15H9ClN2O4. The van der Waals surface area contributed by atoms with Crippen molar-refractivity contribution in [1.82, 2.24) is 4.90 Å². The largest absolute Gasteiger partial charge is 0.270 e. The van der Waals surface area contributed by atoms with Crippen LogP contribution in [0.2, 0.25) is 5.02 Å². The molecule has 110 valence electrons. The zero-order valence-corrected chi connectivity index (χ0v) is 11.9. The van der Waals surface area contributed by atoms with Gasteiger partial charge in [-0.05, 0) is 17.7 Å². The van der Waals surface area contributed by atoms with E-state index in [9.17, 15) is 19.7 Å². The highest BCUT2D eigenvalue weighted by Gasteiger charge is 2.36. The fourth-order valence-electron chi connectivity index (χ4n) is 2.33. The van der Waals surface area contributed by atoms with E-state index in [4.69, 9.17) is 11.6 Å². The molecule has 0 unspecified atom stereocenters. The van der Waals surface area contributed by atoms with Crippen molar-refractivity contribution in [3.8, 4) is 0 Å². The van der Waals surface area contributed by atoms with Gasteiger partial charge in [0.15, 0.2) is 0 Å². The van der Waals surface area contributed by atoms with Gasteiger partial charge in [0.2, 0.25) is 0 Å². The van der Waals surface area contributed by atoms with Gasteiger partial charge in [0.05, 0.1) is 22.6 Å². The molecule has 0 N–H and O–H groups in total. The zero-order chi connectivity index (χ0) is 15.9. The van der Waals surface area contributed by atoms with Crippen LogP contribution in [-0.2, 0) is 6.54 Å². The summed E-state index contributed by atoms with van der Waals surface area (Å²) in [5.74, 6) is -1.03. The van der Waals surface area contributed by atoms with E-state index in [0.29, 0.717) is 10.6 Å². The van der Waals surface area contributed by atoms with Crippen LogP contribution < -0.4 is 0 Å². The number of carbonyl (C=O) groups is 2. The summed E-state index contributed by atoms with van der Waals surface area (Å²) in [6, 6.07) is 10.5. The molecule has 22 heavy (non-hydrogen) atoms. The summed E-state index contributed by atoms with van der Waals surface area (Å²) < 4.78 is 0. The number of hydrogen-bond acceptors (Lipinski definition) is 4. The molecule has 2 aromatic rings. The summed E-state index contributed by atoms with van der Waals surface area (Å²) in [4.78, 5) is 35.9. The summed E-state index contributed by atoms with van der Waals surface area (Å²) in [5.41, 5.74) is 0.626. The minimum atomic E-state index is -0.602. The van der Waals surface area contributed by atoms with Crippen LogP contribution in [0.1, 0.15) is 26.3 Å². The van der Waals surface area contributed by atoms with Crippen LogP contribution in [0.3, 0.4) is 0 Å². The first kappa shape index (κ1) is 14.2. The molecule has 3 rings (SSSR count). The first-order valence-corrected chi connectivity index (χ1v) is 6.75. The average Bonchev–Trinajstić information content (AvgIpc) is 2.74. The van der Waals surface area contributed by atoms with Crippen LogP contribution >= 0.6 is 11.6 Å². The van der Waals surface area contributed by atoms with E-state index in [0.717, 1.165) is 11.0 Å². The maximum absolute atomic E-state index is 12.3. The molecule has 7 heteroatoms. The van der Waals surface area contributed by atoms with Crippen molar-refractivity contribution in [2.45, 2.75) is 6.54 Å². The molecule has 0 fully saturated rings. The van der Waals surface area contributed by atoms with Crippen molar-refractivity contribution in [1.29, 1.82) is 0 Å². The van der Waals surface area contributed by atoms with E-state index in [1.807, 2.05) is 0 Å². The molecule has 0 saturated heterocycles. The molecule has 0 aliphatic carbocycles. The van der Waals surface area contributed by atoms with E-state index in [1.165, 1.54) is 12.1 Å². The van der Waals surface area contributed by atoms with E-state index in [1.54, 1.807) is 24.3 Å². The summed E-state index contributed by atoms with van der Waals surface area (Å²) in [7, 11) is 0. The number of nitrogens with zero attached hydrogens (tertiary/aromatic N) is 2. The minimum absolute atomic E-state index is 0.0276. The number of nitro groups is 1. The van der Waals surface area contributed by atoms with Crippen LogP contribution in [0.15, 0.2) is 42.5 Å². The Labute approximate surface area is 130 Å². The summed E-state index contributed by atoms with van der Waals surface area (Å²) in [6.07, 6.45) is 0. The van der Waals surface area contributed by atoms with Gasteiger partial charge in [-0.3, -0.25) is 24.6 Å². The molecule has 0 atom stereocenters. The number of imide groups is 1. The second kappa shape index (κ2) is 5.23. The summed E-state index contributed by atoms with van der Waals surface area (Å²) in [5, 5.41) is 11.2. The number of nitro benzene ring substituents is 1. The molecule has 6 nitrogen and oxygen atoms in total. The van der Waals surface area contributed by atoms with E-state index < -0.39 is 16.7 Å². The van der Waals surface area contributed by atoms with Gasteiger partial charge in [-0.1, -0.05) is 29.8 Å². The van der Waals surface area contributed by atoms with Crippen molar-refractivity contribution in [3.63, 3.8) is 0 Å². The Kier molecular flexibility index (Phi) is 3.38. The molecule has 1 aliphatic rings. The minimum Gasteiger partial charge on any atom is -0.270 e. The molecule has 0 radical (unpaired) electrons. The number of hydrogen-bond donors (Lipinski definition) is 0. The molecule has 1 aliphatic heterocycles. The fraction of sp³-hybridized carbons (Fsp3) is 0.0667. The third-order valence-corrected chi connectivity index (χ3v) is 3.82. The van der Waals surface area contributed by atoms with Crippen LogP contribution in [0.5, 0.6) is 0 Å². The van der Waals surface area contributed by atoms with Gasteiger partial charge in [0, 0.05) is 17.2 Å². The van der Waals surface area contributed by atoms with Crippen molar-refractivity contribution < 1.29 is 14.5 Å². The fourth-order valence-corrected chi connectivity index (χ4v) is 2.53. The van der Waals surface area contributed by atoms with Crippen LogP contribution in [-0.4, -0.2) is 21.6 Å². The zero-order valence-electron chi connectivity index (χ0n) is 11.2. The lowest BCUT2D eigenvalue weighted by atomic mass is 10.1. The highest BCUT2D eigenvalue weighted by atomic mass is 35.5. The van der Waals surface area contributed by atoms with Gasteiger partial charge in [-0.25, -0.2) is 0 Å². The van der Waals surface area contributed by atoms with Gasteiger partial charge in [0.1, 0.15) is 0 Å². The number of amides is 2. The molecular weight excluding hydrogens is 308 g/mol. The number of fused-ring (bicyclic) bond motifs is 1. The molecule has 1 heterocycles. The lowest BCUT2D eigenvalue weighted by molar-refractivity contribution is -0.384. The topological polar surface area (TPSA) is 80.5 Å². The summed E-state index contributed by atoms with van der Waals surface area (Å²) in [6.45, 7) is 0.0276. The smallest absolute Gasteiger partial charge is 0.270 e. The second-order valence-electron chi connectivity index (χ2n) is 4.77. The third kappa shape index (κ3) is 2.23. The Morgan fingerprint density at radius 3 is 2.41 bits per heavy atom. The van der Waals surface area contributed by atoms with Crippen molar-refractivity contribution in [3.05, 3.63) is 74.3 Å². The predicted molar refractivity (Wildman–Crippen MR) is 78.8 cm³/mol. The van der Waals surface area contributed by atoms with Crippen LogP contribution in [0.25, 0.3) is 0 Å². The van der Waals surface area contributed by atoms with E-state index in [-0.39, 0.29) is 23.4 Å². The number of halogens is 1. The molecule has 2 aromatic carbocycles. The van der Waals surface area contributed by atoms with Crippen LogP contribution in [0, 0.1) is 10.1 Å². The van der Waals surface area contributed by atoms with Crippen molar-refractivity contribution in [2.24, 2.45) is 0 Å². The summed E-state index contributed by atoms with van der Waals surface area (Å²) >= 11 is 6.04. The monoisotopic (exact) mass is 316 g/mol. The number of rotatable bonds is 3. The van der Waals surface area contributed by atoms with E-state index in [2.05, 4.69) is 0 Å². The molecule has 0 bridgehead atoms. The highest BCUT2D eigenvalue weighted by Crippen LogP contribution is 2.29. The molecule has 2 amide bonds. The number of carbonyl (C=O) groups excluding carboxylic acids is 2. The number of benzene rings is 2. The SMILES string of the molecule is O=C1c2ccc([N+](=O)[O-])cc2C(=O)N1Cc1ccccc1Cl. The maximum atomic E-state index is 12.3. The normalized spacial score (nSPS) is 13.4. The number of non-ortho nitro benzene ring substituents is 1. The standard InChI is InChI=1S/C15H9ClN2O4/c16-13-4-2-1-3-9(13)8-17-14(19)11-6-5-10(18(21)22)7-12(11)15(17)20/h1-7H,8H2. The lowest BCUT2D eigenvalue weighted by Crippen LogP contribution is -2.29. The predicted octanol–water partition coefficient (Wildman–Crippen LogP) is 3.04. The van der Waals surface area contributed by atoms with Crippen LogP contribution in [0.4, 0.5) is 5.69 Å². The van der Waals surface area contributed by atoms with Gasteiger partial charge < -0.3 is 0 Å². The van der Waals surface area contributed by atoms with Gasteiger partial charge in [0.25, 0.3) is 17.5 Å². The third-order valence-electron chi connectivity index (χ3n) is 3.45. The Morgan fingerprint density at radius 2 is 1.73 bits per heavy atom. The van der Waals surface area contributed by atoms with Gasteiger partial charge in [-0.15, -0.1) is 0 Å². The quantitative estimate of drug-likeness (QED) is 0.495. The Bertz CT molecular complexity index is 819. The first-order valence-electron chi connectivity index (χ1n) is 6.37. The molecule has 0 spiro atoms. The average molecular weight is 317 g/mol. The molecule has 0 saturated carbocycles. The Morgan fingerprint density at radius 1 is 1.05 bits per heavy atom. The second-order valence-corrected chi connectivity index (χ2v) is 5.18. The van der Waals surface area contributed by atoms with Crippen molar-refractivity contribution >= 4 is 29.1 Å². The van der Waals surface area contributed by atoms with E-state index >= 15 is 0 Å². The Hall–Kier alpha value is -2.73. The highest BCUT2D eigenvalue weighted by molar-refractivity contribution is 6.31. The maximum Gasteiger partial charge on any atom is 0.270 e. The first-order chi connectivity index (χ1) is 10.5. The Balaban J connectivity index is 1.96. The molecule has 0 aromatic heterocycles. The van der Waals surface area contributed by atoms with Gasteiger partial charge >= 0.3 is 0 Å².